The van der Waals surface area contributed by atoms with Gasteiger partial charge >= 0.3 is 0 Å². The number of aromatic nitrogens is 1. The number of pyridine rings is 1. The Hall–Kier alpha value is -1.62. The van der Waals surface area contributed by atoms with E-state index < -0.39 is 0 Å². The van der Waals surface area contributed by atoms with Crippen molar-refractivity contribution in [3.8, 4) is 0 Å². The number of rotatable bonds is 4. The van der Waals surface area contributed by atoms with Crippen molar-refractivity contribution in [3.63, 3.8) is 0 Å². The molecule has 17 heavy (non-hydrogen) atoms. The van der Waals surface area contributed by atoms with E-state index in [2.05, 4.69) is 15.6 Å². The summed E-state index contributed by atoms with van der Waals surface area (Å²) in [7, 11) is 3.51. The Morgan fingerprint density at radius 2 is 2.24 bits per heavy atom. The third-order valence-electron chi connectivity index (χ3n) is 3.05. The summed E-state index contributed by atoms with van der Waals surface area (Å²) in [6.45, 7) is 0. The smallest absolute Gasteiger partial charge is 0.270 e. The molecule has 2 rings (SSSR count). The highest BCUT2D eigenvalue weighted by atomic mass is 16.5. The molecule has 0 saturated heterocycles. The second-order valence-corrected chi connectivity index (χ2v) is 4.18. The third kappa shape index (κ3) is 2.74. The summed E-state index contributed by atoms with van der Waals surface area (Å²) in [4.78, 5) is 15.9. The molecule has 1 aliphatic carbocycles. The van der Waals surface area contributed by atoms with Crippen LogP contribution in [0.3, 0.4) is 0 Å². The summed E-state index contributed by atoms with van der Waals surface area (Å²) < 4.78 is 5.16. The van der Waals surface area contributed by atoms with Crippen LogP contribution < -0.4 is 10.6 Å². The number of amides is 1. The van der Waals surface area contributed by atoms with Gasteiger partial charge in [-0.15, -0.1) is 0 Å². The average Bonchev–Trinajstić information content (AvgIpc) is 2.33. The number of hydrogen-bond acceptors (Lipinski definition) is 4. The van der Waals surface area contributed by atoms with Crippen molar-refractivity contribution in [2.45, 2.75) is 25.0 Å². The summed E-state index contributed by atoms with van der Waals surface area (Å²) in [6, 6.07) is 3.77. The van der Waals surface area contributed by atoms with Crippen LogP contribution in [-0.2, 0) is 4.74 Å². The van der Waals surface area contributed by atoms with E-state index in [-0.39, 0.29) is 11.9 Å². The van der Waals surface area contributed by atoms with Gasteiger partial charge in [-0.1, -0.05) is 0 Å². The van der Waals surface area contributed by atoms with Crippen LogP contribution in [0.4, 0.5) is 5.69 Å². The first-order valence-corrected chi connectivity index (χ1v) is 5.70. The van der Waals surface area contributed by atoms with Crippen LogP contribution in [0, 0.1) is 0 Å². The molecule has 0 bridgehead atoms. The minimum absolute atomic E-state index is 0.118. The van der Waals surface area contributed by atoms with Gasteiger partial charge in [0.05, 0.1) is 18.0 Å². The topological polar surface area (TPSA) is 63.2 Å². The van der Waals surface area contributed by atoms with Crippen LogP contribution in [0.5, 0.6) is 0 Å². The molecule has 0 unspecified atom stereocenters. The summed E-state index contributed by atoms with van der Waals surface area (Å²) in [6.07, 6.45) is 3.71. The molecule has 1 aliphatic rings. The van der Waals surface area contributed by atoms with Gasteiger partial charge in [0.2, 0.25) is 0 Å². The van der Waals surface area contributed by atoms with Gasteiger partial charge in [0, 0.05) is 20.2 Å². The molecule has 0 spiro atoms. The number of nitrogens with one attached hydrogen (secondary N) is 2. The fourth-order valence-corrected chi connectivity index (χ4v) is 1.81. The number of carbonyl (C=O) groups is 1. The van der Waals surface area contributed by atoms with E-state index in [0.717, 1.165) is 18.5 Å². The van der Waals surface area contributed by atoms with Crippen LogP contribution in [0.15, 0.2) is 18.3 Å². The maximum absolute atomic E-state index is 11.8. The zero-order valence-electron chi connectivity index (χ0n) is 10.1. The Labute approximate surface area is 101 Å². The summed E-state index contributed by atoms with van der Waals surface area (Å²) in [5, 5.41) is 5.89. The molecule has 2 N–H and O–H groups in total. The van der Waals surface area contributed by atoms with Crippen molar-refractivity contribution in [1.82, 2.24) is 10.3 Å². The lowest BCUT2D eigenvalue weighted by atomic mass is 9.89. The maximum Gasteiger partial charge on any atom is 0.270 e. The minimum atomic E-state index is -0.118. The summed E-state index contributed by atoms with van der Waals surface area (Å²) in [5.74, 6) is -0.118. The van der Waals surface area contributed by atoms with E-state index in [1.165, 1.54) is 0 Å². The largest absolute Gasteiger partial charge is 0.387 e. The Bertz CT molecular complexity index is 385. The number of ether oxygens (including phenoxy) is 1. The predicted octanol–water partition coefficient (Wildman–Crippen LogP) is 1.03. The average molecular weight is 235 g/mol. The molecule has 1 aromatic heterocycles. The van der Waals surface area contributed by atoms with Crippen molar-refractivity contribution in [1.29, 1.82) is 0 Å². The van der Waals surface area contributed by atoms with Crippen LogP contribution in [0.2, 0.25) is 0 Å². The highest BCUT2D eigenvalue weighted by Gasteiger charge is 2.30. The monoisotopic (exact) mass is 235 g/mol. The second-order valence-electron chi connectivity index (χ2n) is 4.18. The molecule has 5 nitrogen and oxygen atoms in total. The number of methoxy groups -OCH3 is 1. The molecule has 0 radical (unpaired) electrons. The molecular formula is C12H17N3O2. The Balaban J connectivity index is 1.87. The Morgan fingerprint density at radius 1 is 1.47 bits per heavy atom. The predicted molar refractivity (Wildman–Crippen MR) is 65.1 cm³/mol. The van der Waals surface area contributed by atoms with Gasteiger partial charge in [-0.2, -0.15) is 0 Å². The number of hydrogen-bond donors (Lipinski definition) is 2. The summed E-state index contributed by atoms with van der Waals surface area (Å²) in [5.41, 5.74) is 1.34. The first kappa shape index (κ1) is 11.9. The van der Waals surface area contributed by atoms with E-state index >= 15 is 0 Å². The quantitative estimate of drug-likeness (QED) is 0.818. The standard InChI is InChI=1S/C12H17N3O2/c1-13-8-3-4-11(14-7-8)12(16)15-9-5-10(6-9)17-2/h3-4,7,9-10,13H,5-6H2,1-2H3,(H,15,16). The maximum atomic E-state index is 11.8. The van der Waals surface area contributed by atoms with Gasteiger partial charge < -0.3 is 15.4 Å². The number of carbonyl (C=O) groups excluding carboxylic acids is 1. The molecule has 92 valence electrons. The third-order valence-corrected chi connectivity index (χ3v) is 3.05. The van der Waals surface area contributed by atoms with Crippen molar-refractivity contribution in [3.05, 3.63) is 24.0 Å². The first-order chi connectivity index (χ1) is 8.22. The molecule has 0 aromatic carbocycles. The molecule has 1 fully saturated rings. The minimum Gasteiger partial charge on any atom is -0.387 e. The van der Waals surface area contributed by atoms with Gasteiger partial charge in [0.15, 0.2) is 0 Å². The highest BCUT2D eigenvalue weighted by Crippen LogP contribution is 2.22. The normalized spacial score (nSPS) is 22.7. The van der Waals surface area contributed by atoms with Crippen LogP contribution in [0.1, 0.15) is 23.3 Å². The SMILES string of the molecule is CNc1ccc(C(=O)NC2CC(OC)C2)nc1. The van der Waals surface area contributed by atoms with Crippen molar-refractivity contribution in [2.75, 3.05) is 19.5 Å². The zero-order valence-corrected chi connectivity index (χ0v) is 10.1. The molecule has 5 heteroatoms. The van der Waals surface area contributed by atoms with Crippen LogP contribution in [0.25, 0.3) is 0 Å². The lowest BCUT2D eigenvalue weighted by Gasteiger charge is -2.34. The van der Waals surface area contributed by atoms with E-state index in [1.807, 2.05) is 13.1 Å². The lowest BCUT2D eigenvalue weighted by molar-refractivity contribution is 0.0175. The van der Waals surface area contributed by atoms with Crippen molar-refractivity contribution < 1.29 is 9.53 Å². The molecular weight excluding hydrogens is 218 g/mol. The fourth-order valence-electron chi connectivity index (χ4n) is 1.81. The molecule has 1 amide bonds. The fraction of sp³-hybridized carbons (Fsp3) is 0.500. The van der Waals surface area contributed by atoms with Gasteiger partial charge in [0.25, 0.3) is 5.91 Å². The second kappa shape index (κ2) is 5.14. The Morgan fingerprint density at radius 3 is 2.76 bits per heavy atom. The molecule has 1 saturated carbocycles. The van der Waals surface area contributed by atoms with Gasteiger partial charge in [-0.25, -0.2) is 4.98 Å². The Kier molecular flexibility index (Phi) is 3.58. The lowest BCUT2D eigenvalue weighted by Crippen LogP contribution is -2.47. The van der Waals surface area contributed by atoms with E-state index in [0.29, 0.717) is 11.8 Å². The van der Waals surface area contributed by atoms with Crippen molar-refractivity contribution in [2.24, 2.45) is 0 Å². The highest BCUT2D eigenvalue weighted by molar-refractivity contribution is 5.92. The van der Waals surface area contributed by atoms with Gasteiger partial charge in [0.1, 0.15) is 5.69 Å². The zero-order chi connectivity index (χ0) is 12.3. The van der Waals surface area contributed by atoms with Gasteiger partial charge in [-0.3, -0.25) is 4.79 Å². The molecule has 0 atom stereocenters. The van der Waals surface area contributed by atoms with Gasteiger partial charge in [-0.05, 0) is 25.0 Å². The molecule has 1 aromatic rings. The summed E-state index contributed by atoms with van der Waals surface area (Å²) >= 11 is 0. The van der Waals surface area contributed by atoms with E-state index in [9.17, 15) is 4.79 Å². The van der Waals surface area contributed by atoms with Crippen LogP contribution in [-0.4, -0.2) is 37.2 Å². The molecule has 0 aliphatic heterocycles. The van der Waals surface area contributed by atoms with E-state index in [1.54, 1.807) is 19.4 Å². The van der Waals surface area contributed by atoms with Crippen molar-refractivity contribution >= 4 is 11.6 Å². The first-order valence-electron chi connectivity index (χ1n) is 5.70. The van der Waals surface area contributed by atoms with E-state index in [4.69, 9.17) is 4.74 Å². The number of anilines is 1. The number of nitrogens with zero attached hydrogens (tertiary/aromatic N) is 1. The van der Waals surface area contributed by atoms with Crippen LogP contribution >= 0.6 is 0 Å². The molecule has 1 heterocycles.